The number of H-pyrrole nitrogens is 1. The van der Waals surface area contributed by atoms with Crippen LogP contribution in [0.25, 0.3) is 0 Å². The summed E-state index contributed by atoms with van der Waals surface area (Å²) in [6, 6.07) is 14.9. The minimum atomic E-state index is -0.581. The Hall–Kier alpha value is -3.52. The number of hydrogen-bond acceptors (Lipinski definition) is 7. The van der Waals surface area contributed by atoms with Crippen molar-refractivity contribution in [2.45, 2.75) is 36.1 Å². The highest BCUT2D eigenvalue weighted by Crippen LogP contribution is 2.45. The number of thioether (sulfide) groups is 1. The van der Waals surface area contributed by atoms with Crippen LogP contribution in [-0.2, 0) is 10.5 Å². The minimum absolute atomic E-state index is 0.000670. The van der Waals surface area contributed by atoms with Gasteiger partial charge in [0.15, 0.2) is 22.4 Å². The Morgan fingerprint density at radius 3 is 2.76 bits per heavy atom. The van der Waals surface area contributed by atoms with Gasteiger partial charge in [-0.3, -0.25) is 9.59 Å². The van der Waals surface area contributed by atoms with Crippen molar-refractivity contribution in [2.75, 3.05) is 12.4 Å². The second kappa shape index (κ2) is 8.78. The standard InChI is InChI=1S/C25H23N3O4S/c1-32-19-12-15(10-11-17(19)29)20-21-16(8-5-9-18(21)30)26-23-22(20)24(31)28-25(27-23)33-13-14-6-3-2-4-7-14/h2-4,6-7,10-12,20,29H,5,8-9,13H2,1H3,(H2,26,27,28,31). The molecular formula is C25H23N3O4S. The Kier molecular flexibility index (Phi) is 5.68. The molecule has 2 heterocycles. The second-order valence-electron chi connectivity index (χ2n) is 8.07. The molecule has 168 valence electrons. The summed E-state index contributed by atoms with van der Waals surface area (Å²) >= 11 is 1.45. The summed E-state index contributed by atoms with van der Waals surface area (Å²) in [5.41, 5.74) is 3.36. The van der Waals surface area contributed by atoms with Gasteiger partial charge in [0, 0.05) is 29.4 Å². The van der Waals surface area contributed by atoms with Crippen LogP contribution in [0.5, 0.6) is 11.5 Å². The average molecular weight is 462 g/mol. The number of aromatic amines is 1. The number of ketones is 1. The Balaban J connectivity index is 1.59. The molecule has 33 heavy (non-hydrogen) atoms. The SMILES string of the molecule is COc1cc(C2C3=C(CCCC3=O)Nc3nc(SCc4ccccc4)[nH]c(=O)c32)ccc1O. The molecule has 2 aliphatic rings. The number of anilines is 1. The van der Waals surface area contributed by atoms with Gasteiger partial charge in [-0.25, -0.2) is 4.98 Å². The maximum atomic E-state index is 13.3. The monoisotopic (exact) mass is 461 g/mol. The van der Waals surface area contributed by atoms with Crippen molar-refractivity contribution < 1.29 is 14.6 Å². The number of carbonyl (C=O) groups excluding carboxylic acids is 1. The second-order valence-corrected chi connectivity index (χ2v) is 9.03. The third-order valence-corrected chi connectivity index (χ3v) is 6.94. The van der Waals surface area contributed by atoms with Crippen molar-refractivity contribution in [2.24, 2.45) is 0 Å². The van der Waals surface area contributed by atoms with Crippen molar-refractivity contribution in [1.29, 1.82) is 0 Å². The van der Waals surface area contributed by atoms with E-state index in [4.69, 9.17) is 9.72 Å². The maximum Gasteiger partial charge on any atom is 0.257 e. The van der Waals surface area contributed by atoms with E-state index in [1.54, 1.807) is 12.1 Å². The third kappa shape index (κ3) is 4.02. The molecule has 7 nitrogen and oxygen atoms in total. The number of aromatic nitrogens is 2. The number of phenolic OH excluding ortho intramolecular Hbond substituents is 1. The fourth-order valence-corrected chi connectivity index (χ4v) is 5.26. The van der Waals surface area contributed by atoms with Crippen LogP contribution < -0.4 is 15.6 Å². The number of carbonyl (C=O) groups is 1. The zero-order valence-electron chi connectivity index (χ0n) is 18.1. The van der Waals surface area contributed by atoms with Gasteiger partial charge in [0.1, 0.15) is 5.82 Å². The number of Topliss-reactive ketones (excluding diaryl/α,β-unsaturated/α-hetero) is 1. The molecule has 2 aromatic carbocycles. The highest BCUT2D eigenvalue weighted by molar-refractivity contribution is 7.98. The number of phenols is 1. The zero-order chi connectivity index (χ0) is 22.9. The van der Waals surface area contributed by atoms with Crippen molar-refractivity contribution in [3.8, 4) is 11.5 Å². The Morgan fingerprint density at radius 2 is 1.97 bits per heavy atom. The van der Waals surface area contributed by atoms with Crippen molar-refractivity contribution >= 4 is 23.4 Å². The number of nitrogens with zero attached hydrogens (tertiary/aromatic N) is 1. The van der Waals surface area contributed by atoms with E-state index < -0.39 is 5.92 Å². The largest absolute Gasteiger partial charge is 0.504 e. The van der Waals surface area contributed by atoms with Gasteiger partial charge in [-0.2, -0.15) is 0 Å². The predicted molar refractivity (Wildman–Crippen MR) is 127 cm³/mol. The number of rotatable bonds is 5. The first-order valence-corrected chi connectivity index (χ1v) is 11.7. The Labute approximate surface area is 194 Å². The van der Waals surface area contributed by atoms with E-state index in [9.17, 15) is 14.7 Å². The molecule has 1 unspecified atom stereocenters. The molecule has 1 aliphatic carbocycles. The molecule has 3 N–H and O–H groups in total. The molecule has 0 radical (unpaired) electrons. The Morgan fingerprint density at radius 1 is 1.15 bits per heavy atom. The lowest BCUT2D eigenvalue weighted by Gasteiger charge is -2.33. The van der Waals surface area contributed by atoms with E-state index in [1.807, 2.05) is 30.3 Å². The predicted octanol–water partition coefficient (Wildman–Crippen LogP) is 4.34. The van der Waals surface area contributed by atoms with Crippen LogP contribution in [0.2, 0.25) is 0 Å². The number of ether oxygens (including phenoxy) is 1. The third-order valence-electron chi connectivity index (χ3n) is 5.99. The number of fused-ring (bicyclic) bond motifs is 1. The van der Waals surface area contributed by atoms with E-state index >= 15 is 0 Å². The molecule has 1 aliphatic heterocycles. The highest BCUT2D eigenvalue weighted by atomic mass is 32.2. The van der Waals surface area contributed by atoms with Crippen LogP contribution in [0.3, 0.4) is 0 Å². The first-order valence-electron chi connectivity index (χ1n) is 10.8. The smallest absolute Gasteiger partial charge is 0.257 e. The summed E-state index contributed by atoms with van der Waals surface area (Å²) in [6.45, 7) is 0. The van der Waals surface area contributed by atoms with Crippen molar-refractivity contribution in [3.05, 3.63) is 86.8 Å². The maximum absolute atomic E-state index is 13.3. The lowest BCUT2D eigenvalue weighted by Crippen LogP contribution is -2.32. The van der Waals surface area contributed by atoms with Crippen molar-refractivity contribution in [3.63, 3.8) is 0 Å². The topological polar surface area (TPSA) is 104 Å². The summed E-state index contributed by atoms with van der Waals surface area (Å²) in [6.07, 6.45) is 1.91. The lowest BCUT2D eigenvalue weighted by molar-refractivity contribution is -0.116. The molecular weight excluding hydrogens is 438 g/mol. The zero-order valence-corrected chi connectivity index (χ0v) is 18.9. The number of nitrogens with one attached hydrogen (secondary N) is 2. The first-order chi connectivity index (χ1) is 16.0. The van der Waals surface area contributed by atoms with Gasteiger partial charge in [-0.1, -0.05) is 48.2 Å². The number of hydrogen-bond donors (Lipinski definition) is 3. The van der Waals surface area contributed by atoms with Crippen LogP contribution in [0.15, 0.2) is 69.8 Å². The number of aromatic hydroxyl groups is 1. The van der Waals surface area contributed by atoms with Gasteiger partial charge in [0.2, 0.25) is 0 Å². The van der Waals surface area contributed by atoms with E-state index in [1.165, 1.54) is 24.9 Å². The minimum Gasteiger partial charge on any atom is -0.504 e. The molecule has 0 amide bonds. The van der Waals surface area contributed by atoms with Crippen LogP contribution in [0.1, 0.15) is 41.9 Å². The highest BCUT2D eigenvalue weighted by Gasteiger charge is 2.38. The number of methoxy groups -OCH3 is 1. The molecule has 1 atom stereocenters. The van der Waals surface area contributed by atoms with Gasteiger partial charge >= 0.3 is 0 Å². The molecule has 1 aromatic heterocycles. The molecule has 0 fully saturated rings. The molecule has 0 saturated heterocycles. The van der Waals surface area contributed by atoms with Gasteiger partial charge in [-0.05, 0) is 36.1 Å². The first kappa shape index (κ1) is 21.3. The lowest BCUT2D eigenvalue weighted by atomic mass is 9.76. The number of benzene rings is 2. The normalized spacial score (nSPS) is 17.2. The van der Waals surface area contributed by atoms with Gasteiger partial charge in [-0.15, -0.1) is 0 Å². The Bertz CT molecular complexity index is 1320. The molecule has 0 bridgehead atoms. The summed E-state index contributed by atoms with van der Waals surface area (Å²) < 4.78 is 5.28. The van der Waals surface area contributed by atoms with Gasteiger partial charge < -0.3 is 20.1 Å². The summed E-state index contributed by atoms with van der Waals surface area (Å²) in [5.74, 6) is 0.876. The summed E-state index contributed by atoms with van der Waals surface area (Å²) in [4.78, 5) is 33.9. The van der Waals surface area contributed by atoms with E-state index in [0.717, 1.165) is 17.7 Å². The van der Waals surface area contributed by atoms with Crippen LogP contribution in [0.4, 0.5) is 5.82 Å². The summed E-state index contributed by atoms with van der Waals surface area (Å²) in [5, 5.41) is 13.9. The van der Waals surface area contributed by atoms with E-state index in [2.05, 4.69) is 10.3 Å². The van der Waals surface area contributed by atoms with E-state index in [0.29, 0.717) is 46.3 Å². The average Bonchev–Trinajstić information content (AvgIpc) is 2.83. The summed E-state index contributed by atoms with van der Waals surface area (Å²) in [7, 11) is 1.47. The van der Waals surface area contributed by atoms with Crippen LogP contribution in [-0.4, -0.2) is 28.0 Å². The fraction of sp³-hybridized carbons (Fsp3) is 0.240. The van der Waals surface area contributed by atoms with Gasteiger partial charge in [0.05, 0.1) is 12.7 Å². The quantitative estimate of drug-likeness (QED) is 0.383. The van der Waals surface area contributed by atoms with Crippen molar-refractivity contribution in [1.82, 2.24) is 9.97 Å². The molecule has 0 saturated carbocycles. The van der Waals surface area contributed by atoms with Crippen LogP contribution in [0, 0.1) is 0 Å². The molecule has 8 heteroatoms. The molecule has 5 rings (SSSR count). The van der Waals surface area contributed by atoms with Gasteiger partial charge in [0.25, 0.3) is 5.56 Å². The van der Waals surface area contributed by atoms with E-state index in [-0.39, 0.29) is 22.8 Å². The number of allylic oxidation sites excluding steroid dienone is 2. The fourth-order valence-electron chi connectivity index (χ4n) is 4.44. The molecule has 3 aromatic rings. The van der Waals surface area contributed by atoms with Crippen LogP contribution >= 0.6 is 11.8 Å². The molecule has 0 spiro atoms.